The molecule has 0 saturated carbocycles. The molecule has 0 aliphatic carbocycles. The van der Waals surface area contributed by atoms with E-state index in [0.29, 0.717) is 4.34 Å². The zero-order valence-electron chi connectivity index (χ0n) is 10.7. The topological polar surface area (TPSA) is 75.3 Å². The Morgan fingerprint density at radius 2 is 1.90 bits per heavy atom. The highest BCUT2D eigenvalue weighted by Crippen LogP contribution is 2.28. The predicted molar refractivity (Wildman–Crippen MR) is 85.0 cm³/mol. The zero-order chi connectivity index (χ0) is 15.6. The van der Waals surface area contributed by atoms with Crippen molar-refractivity contribution in [1.82, 2.24) is 5.32 Å². The molecule has 2 aromatic rings. The lowest BCUT2D eigenvalue weighted by atomic mass is 10.2. The number of rotatable bonds is 4. The SMILES string of the molecule is CNC(=O)c1cc(NS(=O)(=O)c2ccc(Cl)s2)ccc1Cl. The fourth-order valence-electron chi connectivity index (χ4n) is 1.55. The molecule has 0 radical (unpaired) electrons. The van der Waals surface area contributed by atoms with Gasteiger partial charge < -0.3 is 5.32 Å². The quantitative estimate of drug-likeness (QED) is 0.874. The Morgan fingerprint density at radius 3 is 2.48 bits per heavy atom. The smallest absolute Gasteiger partial charge is 0.271 e. The fourth-order valence-corrected chi connectivity index (χ4v) is 4.28. The second-order valence-corrected chi connectivity index (χ2v) is 7.97. The molecule has 0 fully saturated rings. The molecule has 9 heteroatoms. The van der Waals surface area contributed by atoms with E-state index in [1.54, 1.807) is 0 Å². The molecule has 0 aliphatic heterocycles. The Kier molecular flexibility index (Phi) is 4.77. The van der Waals surface area contributed by atoms with Crippen molar-refractivity contribution >= 4 is 56.2 Å². The van der Waals surface area contributed by atoms with Gasteiger partial charge in [0.15, 0.2) is 0 Å². The van der Waals surface area contributed by atoms with Crippen LogP contribution in [-0.4, -0.2) is 21.4 Å². The highest BCUT2D eigenvalue weighted by Gasteiger charge is 2.18. The van der Waals surface area contributed by atoms with Gasteiger partial charge in [0.25, 0.3) is 15.9 Å². The molecule has 2 N–H and O–H groups in total. The van der Waals surface area contributed by atoms with Crippen molar-refractivity contribution in [1.29, 1.82) is 0 Å². The molecule has 1 heterocycles. The van der Waals surface area contributed by atoms with Crippen LogP contribution in [0.2, 0.25) is 9.36 Å². The predicted octanol–water partition coefficient (Wildman–Crippen LogP) is 3.22. The van der Waals surface area contributed by atoms with Gasteiger partial charge in [-0.3, -0.25) is 9.52 Å². The summed E-state index contributed by atoms with van der Waals surface area (Å²) in [5.74, 6) is -0.403. The van der Waals surface area contributed by atoms with E-state index in [2.05, 4.69) is 10.0 Å². The summed E-state index contributed by atoms with van der Waals surface area (Å²) in [5.41, 5.74) is 0.422. The molecule has 0 aliphatic rings. The minimum absolute atomic E-state index is 0.0870. The van der Waals surface area contributed by atoms with Crippen LogP contribution in [0, 0.1) is 0 Å². The molecule has 2 rings (SSSR count). The minimum Gasteiger partial charge on any atom is -0.355 e. The number of hydrogen-bond acceptors (Lipinski definition) is 4. The second-order valence-electron chi connectivity index (χ2n) is 3.94. The molecular formula is C12H10Cl2N2O3S2. The minimum atomic E-state index is -3.75. The number of carbonyl (C=O) groups is 1. The average Bonchev–Trinajstić information content (AvgIpc) is 2.87. The summed E-state index contributed by atoms with van der Waals surface area (Å²) in [5, 5.41) is 2.66. The molecule has 112 valence electrons. The van der Waals surface area contributed by atoms with Crippen LogP contribution in [-0.2, 0) is 10.0 Å². The van der Waals surface area contributed by atoms with Gasteiger partial charge in [-0.2, -0.15) is 0 Å². The lowest BCUT2D eigenvalue weighted by Gasteiger charge is -2.09. The first-order valence-corrected chi connectivity index (χ1v) is 8.69. The summed E-state index contributed by atoms with van der Waals surface area (Å²) >= 11 is 12.6. The van der Waals surface area contributed by atoms with Gasteiger partial charge in [0, 0.05) is 12.7 Å². The molecule has 21 heavy (non-hydrogen) atoms. The summed E-state index contributed by atoms with van der Waals surface area (Å²) in [4.78, 5) is 11.6. The molecular weight excluding hydrogens is 355 g/mol. The third-order valence-electron chi connectivity index (χ3n) is 2.50. The number of carbonyl (C=O) groups excluding carboxylic acids is 1. The molecule has 1 amide bonds. The lowest BCUT2D eigenvalue weighted by molar-refractivity contribution is 0.0963. The number of hydrogen-bond donors (Lipinski definition) is 2. The van der Waals surface area contributed by atoms with Crippen molar-refractivity contribution in [3.8, 4) is 0 Å². The highest BCUT2D eigenvalue weighted by molar-refractivity contribution is 7.94. The molecule has 0 saturated heterocycles. The third kappa shape index (κ3) is 3.68. The van der Waals surface area contributed by atoms with Crippen LogP contribution in [0.3, 0.4) is 0 Å². The lowest BCUT2D eigenvalue weighted by Crippen LogP contribution is -2.19. The number of anilines is 1. The van der Waals surface area contributed by atoms with Crippen LogP contribution in [0.25, 0.3) is 0 Å². The van der Waals surface area contributed by atoms with Crippen molar-refractivity contribution in [2.45, 2.75) is 4.21 Å². The van der Waals surface area contributed by atoms with E-state index in [-0.39, 0.29) is 20.5 Å². The molecule has 0 bridgehead atoms. The van der Waals surface area contributed by atoms with Crippen molar-refractivity contribution in [3.05, 3.63) is 45.3 Å². The molecule has 1 aromatic heterocycles. The van der Waals surface area contributed by atoms with E-state index < -0.39 is 15.9 Å². The van der Waals surface area contributed by atoms with E-state index in [1.165, 1.54) is 37.4 Å². The van der Waals surface area contributed by atoms with Crippen LogP contribution >= 0.6 is 34.5 Å². The average molecular weight is 365 g/mol. The number of sulfonamides is 1. The molecule has 0 unspecified atom stereocenters. The Morgan fingerprint density at radius 1 is 1.19 bits per heavy atom. The van der Waals surface area contributed by atoms with Gasteiger partial charge in [0.2, 0.25) is 0 Å². The first-order chi connectivity index (χ1) is 9.83. The van der Waals surface area contributed by atoms with Crippen molar-refractivity contribution in [3.63, 3.8) is 0 Å². The summed E-state index contributed by atoms with van der Waals surface area (Å²) in [6.07, 6.45) is 0. The number of amides is 1. The number of nitrogens with one attached hydrogen (secondary N) is 2. The molecule has 0 spiro atoms. The third-order valence-corrected chi connectivity index (χ3v) is 5.94. The largest absolute Gasteiger partial charge is 0.355 e. The van der Waals surface area contributed by atoms with Crippen molar-refractivity contribution < 1.29 is 13.2 Å². The van der Waals surface area contributed by atoms with Crippen LogP contribution in [0.15, 0.2) is 34.5 Å². The maximum atomic E-state index is 12.2. The zero-order valence-corrected chi connectivity index (χ0v) is 13.8. The van der Waals surface area contributed by atoms with Gasteiger partial charge in [0.1, 0.15) is 4.21 Å². The van der Waals surface area contributed by atoms with E-state index in [4.69, 9.17) is 23.2 Å². The second kappa shape index (κ2) is 6.23. The number of benzene rings is 1. The van der Waals surface area contributed by atoms with E-state index in [9.17, 15) is 13.2 Å². The van der Waals surface area contributed by atoms with Gasteiger partial charge in [-0.05, 0) is 30.3 Å². The number of thiophene rings is 1. The van der Waals surface area contributed by atoms with Crippen LogP contribution in [0.1, 0.15) is 10.4 Å². The first-order valence-electron chi connectivity index (χ1n) is 5.63. The first kappa shape index (κ1) is 16.1. The summed E-state index contributed by atoms with van der Waals surface area (Å²) in [7, 11) is -2.28. The van der Waals surface area contributed by atoms with E-state index in [0.717, 1.165) is 11.3 Å². The molecule has 0 atom stereocenters. The van der Waals surface area contributed by atoms with E-state index in [1.807, 2.05) is 0 Å². The van der Waals surface area contributed by atoms with Gasteiger partial charge in [-0.15, -0.1) is 11.3 Å². The fraction of sp³-hybridized carbons (Fsp3) is 0.0833. The molecule has 1 aromatic carbocycles. The van der Waals surface area contributed by atoms with Gasteiger partial charge in [0.05, 0.1) is 14.9 Å². The van der Waals surface area contributed by atoms with Gasteiger partial charge in [-0.1, -0.05) is 23.2 Å². The van der Waals surface area contributed by atoms with Gasteiger partial charge in [-0.25, -0.2) is 8.42 Å². The highest BCUT2D eigenvalue weighted by atomic mass is 35.5. The normalized spacial score (nSPS) is 11.2. The van der Waals surface area contributed by atoms with Crippen LogP contribution in [0.5, 0.6) is 0 Å². The monoisotopic (exact) mass is 364 g/mol. The molecule has 5 nitrogen and oxygen atoms in total. The van der Waals surface area contributed by atoms with Crippen molar-refractivity contribution in [2.75, 3.05) is 11.8 Å². The Labute approximate surface area is 135 Å². The van der Waals surface area contributed by atoms with Gasteiger partial charge >= 0.3 is 0 Å². The summed E-state index contributed by atoms with van der Waals surface area (Å²) in [6, 6.07) is 7.20. The van der Waals surface area contributed by atoms with Crippen LogP contribution in [0.4, 0.5) is 5.69 Å². The number of halogens is 2. The van der Waals surface area contributed by atoms with E-state index >= 15 is 0 Å². The van der Waals surface area contributed by atoms with Crippen LogP contribution < -0.4 is 10.0 Å². The standard InChI is InChI=1S/C12H10Cl2N2O3S2/c1-15-12(17)8-6-7(2-3-9(8)13)16-21(18,19)11-5-4-10(14)20-11/h2-6,16H,1H3,(H,15,17). The van der Waals surface area contributed by atoms with Crippen molar-refractivity contribution in [2.24, 2.45) is 0 Å². The maximum Gasteiger partial charge on any atom is 0.271 e. The Balaban J connectivity index is 2.34. The maximum absolute atomic E-state index is 12.2. The summed E-state index contributed by atoms with van der Waals surface area (Å²) in [6.45, 7) is 0. The summed E-state index contributed by atoms with van der Waals surface area (Å²) < 4.78 is 27.2. The Hall–Kier alpha value is -1.28. The Bertz CT molecular complexity index is 788.